The first-order valence-electron chi connectivity index (χ1n) is 10.3. The predicted octanol–water partition coefficient (Wildman–Crippen LogP) is 4.24. The molecular formula is C24H33N3. The molecular weight excluding hydrogens is 330 g/mol. The van der Waals surface area contributed by atoms with Crippen molar-refractivity contribution in [2.45, 2.75) is 39.9 Å². The molecule has 144 valence electrons. The van der Waals surface area contributed by atoms with Crippen molar-refractivity contribution in [2.75, 3.05) is 37.6 Å². The summed E-state index contributed by atoms with van der Waals surface area (Å²) < 4.78 is 0. The molecule has 3 nitrogen and oxygen atoms in total. The lowest BCUT2D eigenvalue weighted by Crippen LogP contribution is -2.56. The van der Waals surface area contributed by atoms with Crippen LogP contribution in [-0.2, 0) is 13.1 Å². The number of para-hydroxylation sites is 1. The summed E-state index contributed by atoms with van der Waals surface area (Å²) >= 11 is 0. The Hall–Kier alpha value is -1.84. The van der Waals surface area contributed by atoms with Gasteiger partial charge >= 0.3 is 0 Å². The Morgan fingerprint density at radius 3 is 2.33 bits per heavy atom. The predicted molar refractivity (Wildman–Crippen MR) is 114 cm³/mol. The van der Waals surface area contributed by atoms with Gasteiger partial charge in [0.15, 0.2) is 0 Å². The number of hydrogen-bond donors (Lipinski definition) is 0. The fraction of sp³-hybridized carbons (Fsp3) is 0.500. The molecule has 1 atom stereocenters. The van der Waals surface area contributed by atoms with E-state index in [2.05, 4.69) is 90.1 Å². The summed E-state index contributed by atoms with van der Waals surface area (Å²) in [5.41, 5.74) is 4.69. The van der Waals surface area contributed by atoms with E-state index in [1.165, 1.54) is 16.8 Å². The molecule has 1 fully saturated rings. The van der Waals surface area contributed by atoms with Crippen molar-refractivity contribution in [3.05, 3.63) is 65.7 Å². The molecule has 2 aliphatic heterocycles. The monoisotopic (exact) mass is 363 g/mol. The van der Waals surface area contributed by atoms with Gasteiger partial charge in [0.1, 0.15) is 0 Å². The third kappa shape index (κ3) is 4.53. The van der Waals surface area contributed by atoms with Gasteiger partial charge in [-0.15, -0.1) is 0 Å². The Labute approximate surface area is 164 Å². The van der Waals surface area contributed by atoms with Gasteiger partial charge in [0.25, 0.3) is 0 Å². The van der Waals surface area contributed by atoms with E-state index in [-0.39, 0.29) is 0 Å². The van der Waals surface area contributed by atoms with Crippen LogP contribution in [0.15, 0.2) is 54.6 Å². The van der Waals surface area contributed by atoms with E-state index in [0.717, 1.165) is 45.8 Å². The van der Waals surface area contributed by atoms with Crippen LogP contribution in [0, 0.1) is 5.41 Å². The molecule has 3 heteroatoms. The zero-order valence-electron chi connectivity index (χ0n) is 17.1. The number of anilines is 1. The standard InChI is InChI=1S/C24H33N3/c1-24(2,3)19-26-16-21-11-7-8-12-23(21)27-14-13-25(17-22(27)18-26)15-20-9-5-4-6-10-20/h4-12,22H,13-19H2,1-3H3. The number of piperazine rings is 1. The fourth-order valence-electron chi connectivity index (χ4n) is 4.70. The molecule has 4 rings (SSSR count). The van der Waals surface area contributed by atoms with Crippen LogP contribution < -0.4 is 4.90 Å². The van der Waals surface area contributed by atoms with E-state index in [1.807, 2.05) is 0 Å². The highest BCUT2D eigenvalue weighted by Gasteiger charge is 2.33. The van der Waals surface area contributed by atoms with Crippen LogP contribution in [0.5, 0.6) is 0 Å². The molecule has 0 bridgehead atoms. The van der Waals surface area contributed by atoms with Crippen LogP contribution in [0.2, 0.25) is 0 Å². The molecule has 0 saturated carbocycles. The molecule has 0 aliphatic carbocycles. The lowest BCUT2D eigenvalue weighted by atomic mass is 9.95. The van der Waals surface area contributed by atoms with Crippen LogP contribution in [0.1, 0.15) is 31.9 Å². The third-order valence-corrected chi connectivity index (χ3v) is 5.68. The molecule has 27 heavy (non-hydrogen) atoms. The fourth-order valence-corrected chi connectivity index (χ4v) is 4.70. The molecule has 2 aliphatic rings. The number of fused-ring (bicyclic) bond motifs is 3. The Bertz CT molecular complexity index is 750. The minimum absolute atomic E-state index is 0.322. The molecule has 0 radical (unpaired) electrons. The van der Waals surface area contributed by atoms with Crippen molar-refractivity contribution < 1.29 is 0 Å². The lowest BCUT2D eigenvalue weighted by molar-refractivity contribution is 0.146. The summed E-state index contributed by atoms with van der Waals surface area (Å²) in [4.78, 5) is 7.99. The molecule has 0 amide bonds. The van der Waals surface area contributed by atoms with Gasteiger partial charge in [0.2, 0.25) is 0 Å². The summed E-state index contributed by atoms with van der Waals surface area (Å²) in [7, 11) is 0. The molecule has 2 aromatic carbocycles. The van der Waals surface area contributed by atoms with Crippen molar-refractivity contribution >= 4 is 5.69 Å². The second-order valence-electron chi connectivity index (χ2n) is 9.43. The third-order valence-electron chi connectivity index (χ3n) is 5.68. The zero-order valence-corrected chi connectivity index (χ0v) is 17.1. The normalized spacial score (nSPS) is 21.4. The summed E-state index contributed by atoms with van der Waals surface area (Å²) in [6, 6.07) is 20.5. The largest absolute Gasteiger partial charge is 0.364 e. The first kappa shape index (κ1) is 18.5. The maximum Gasteiger partial charge on any atom is 0.0545 e. The second kappa shape index (κ2) is 7.65. The Balaban J connectivity index is 1.55. The molecule has 2 heterocycles. The quantitative estimate of drug-likeness (QED) is 0.808. The van der Waals surface area contributed by atoms with Crippen LogP contribution in [0.25, 0.3) is 0 Å². The number of hydrogen-bond acceptors (Lipinski definition) is 3. The summed E-state index contributed by atoms with van der Waals surface area (Å²) in [6.07, 6.45) is 0. The van der Waals surface area contributed by atoms with Crippen molar-refractivity contribution in [3.63, 3.8) is 0 Å². The summed E-state index contributed by atoms with van der Waals surface area (Å²) in [5.74, 6) is 0. The Morgan fingerprint density at radius 2 is 1.56 bits per heavy atom. The molecule has 1 unspecified atom stereocenters. The van der Waals surface area contributed by atoms with Crippen molar-refractivity contribution in [2.24, 2.45) is 5.41 Å². The maximum atomic E-state index is 2.68. The van der Waals surface area contributed by atoms with E-state index in [1.54, 1.807) is 0 Å². The number of nitrogens with zero attached hydrogens (tertiary/aromatic N) is 3. The van der Waals surface area contributed by atoms with Gasteiger partial charge in [0, 0.05) is 51.5 Å². The van der Waals surface area contributed by atoms with Gasteiger partial charge in [-0.05, 0) is 22.6 Å². The Morgan fingerprint density at radius 1 is 0.852 bits per heavy atom. The summed E-state index contributed by atoms with van der Waals surface area (Å²) in [6.45, 7) is 14.9. The highest BCUT2D eigenvalue weighted by molar-refractivity contribution is 5.56. The molecule has 0 aromatic heterocycles. The summed E-state index contributed by atoms with van der Waals surface area (Å²) in [5, 5.41) is 0. The first-order chi connectivity index (χ1) is 13.0. The molecule has 0 spiro atoms. The van der Waals surface area contributed by atoms with E-state index < -0.39 is 0 Å². The lowest BCUT2D eigenvalue weighted by Gasteiger charge is -2.43. The van der Waals surface area contributed by atoms with Crippen LogP contribution in [-0.4, -0.2) is 48.6 Å². The van der Waals surface area contributed by atoms with Crippen LogP contribution >= 0.6 is 0 Å². The van der Waals surface area contributed by atoms with Crippen molar-refractivity contribution in [1.29, 1.82) is 0 Å². The van der Waals surface area contributed by atoms with Gasteiger partial charge < -0.3 is 4.90 Å². The van der Waals surface area contributed by atoms with Gasteiger partial charge in [0.05, 0.1) is 6.04 Å². The Kier molecular flexibility index (Phi) is 5.25. The van der Waals surface area contributed by atoms with E-state index >= 15 is 0 Å². The average molecular weight is 364 g/mol. The van der Waals surface area contributed by atoms with E-state index in [9.17, 15) is 0 Å². The van der Waals surface area contributed by atoms with Gasteiger partial charge in [-0.1, -0.05) is 69.3 Å². The smallest absolute Gasteiger partial charge is 0.0545 e. The molecule has 1 saturated heterocycles. The van der Waals surface area contributed by atoms with Crippen molar-refractivity contribution in [1.82, 2.24) is 9.80 Å². The SMILES string of the molecule is CC(C)(C)CN1Cc2ccccc2N2CCN(Cc3ccccc3)CC2C1. The molecule has 2 aromatic rings. The first-order valence-corrected chi connectivity index (χ1v) is 10.3. The maximum absolute atomic E-state index is 2.68. The van der Waals surface area contributed by atoms with Gasteiger partial charge in [-0.2, -0.15) is 0 Å². The van der Waals surface area contributed by atoms with Gasteiger partial charge in [-0.3, -0.25) is 9.80 Å². The van der Waals surface area contributed by atoms with Crippen LogP contribution in [0.3, 0.4) is 0 Å². The number of benzene rings is 2. The highest BCUT2D eigenvalue weighted by atomic mass is 15.3. The van der Waals surface area contributed by atoms with Crippen molar-refractivity contribution in [3.8, 4) is 0 Å². The minimum atomic E-state index is 0.322. The van der Waals surface area contributed by atoms with Gasteiger partial charge in [-0.25, -0.2) is 0 Å². The minimum Gasteiger partial charge on any atom is -0.364 e. The van der Waals surface area contributed by atoms with Crippen LogP contribution in [0.4, 0.5) is 5.69 Å². The second-order valence-corrected chi connectivity index (χ2v) is 9.43. The average Bonchev–Trinajstić information content (AvgIpc) is 2.76. The zero-order chi connectivity index (χ0) is 18.9. The number of rotatable bonds is 3. The topological polar surface area (TPSA) is 9.72 Å². The van der Waals surface area contributed by atoms with E-state index in [4.69, 9.17) is 0 Å². The molecule has 0 N–H and O–H groups in total. The highest BCUT2D eigenvalue weighted by Crippen LogP contribution is 2.31. The van der Waals surface area contributed by atoms with E-state index in [0.29, 0.717) is 11.5 Å².